The zero-order chi connectivity index (χ0) is 20.8. The molecule has 0 saturated carbocycles. The van der Waals surface area contributed by atoms with Crippen LogP contribution in [0, 0.1) is 0 Å². The van der Waals surface area contributed by atoms with E-state index in [9.17, 15) is 0 Å². The lowest BCUT2D eigenvalue weighted by atomic mass is 9.96. The summed E-state index contributed by atoms with van der Waals surface area (Å²) in [4.78, 5) is 18.7. The molecule has 3 aromatic heterocycles. The van der Waals surface area contributed by atoms with Gasteiger partial charge in [0.15, 0.2) is 0 Å². The Labute approximate surface area is 179 Å². The summed E-state index contributed by atoms with van der Waals surface area (Å²) in [7, 11) is 2.03. The third-order valence-corrected chi connectivity index (χ3v) is 5.65. The van der Waals surface area contributed by atoms with Crippen LogP contribution in [-0.2, 0) is 0 Å². The van der Waals surface area contributed by atoms with Gasteiger partial charge in [0.1, 0.15) is 0 Å². The minimum absolute atomic E-state index is 0.139. The molecule has 6 rings (SSSR count). The Morgan fingerprint density at radius 3 is 2.00 bits per heavy atom. The molecule has 3 aromatic rings. The highest BCUT2D eigenvalue weighted by atomic mass is 15.0. The Balaban J connectivity index is 1.67. The molecule has 0 spiro atoms. The standard InChI is InChI=1S/C26H21N5/c1-31-12-10-17(11-13-31)26-24-8-6-22(29-24)15-20-4-2-18(27-20)14-19-3-5-21(28-19)16-23-7-9-25(26)30-23/h2-17,27,30H,1H3. The maximum absolute atomic E-state index is 4.95. The molecule has 6 heterocycles. The van der Waals surface area contributed by atoms with E-state index >= 15 is 0 Å². The molecule has 5 heteroatoms. The minimum atomic E-state index is 0.139. The predicted molar refractivity (Wildman–Crippen MR) is 128 cm³/mol. The number of aromatic amines is 2. The molecule has 0 unspecified atom stereocenters. The number of nitrogens with one attached hydrogen (secondary N) is 2. The van der Waals surface area contributed by atoms with E-state index in [1.807, 2.05) is 19.2 Å². The molecule has 3 aliphatic rings. The van der Waals surface area contributed by atoms with E-state index in [1.165, 1.54) is 0 Å². The third-order valence-electron chi connectivity index (χ3n) is 5.65. The Bertz CT molecular complexity index is 1450. The molecule has 0 aromatic carbocycles. The second-order valence-corrected chi connectivity index (χ2v) is 7.97. The second-order valence-electron chi connectivity index (χ2n) is 7.97. The summed E-state index contributed by atoms with van der Waals surface area (Å²) < 4.78 is 0. The number of hydrogen-bond acceptors (Lipinski definition) is 3. The Morgan fingerprint density at radius 2 is 1.29 bits per heavy atom. The summed E-state index contributed by atoms with van der Waals surface area (Å²) in [6, 6.07) is 14.6. The monoisotopic (exact) mass is 403 g/mol. The van der Waals surface area contributed by atoms with Crippen molar-refractivity contribution in [1.29, 1.82) is 0 Å². The molecule has 0 fully saturated rings. The van der Waals surface area contributed by atoms with Crippen LogP contribution in [0.1, 0.15) is 34.3 Å². The van der Waals surface area contributed by atoms with Crippen molar-refractivity contribution in [3.63, 3.8) is 0 Å². The minimum Gasteiger partial charge on any atom is -0.358 e. The lowest BCUT2D eigenvalue weighted by Crippen LogP contribution is -2.08. The fourth-order valence-electron chi connectivity index (χ4n) is 4.14. The van der Waals surface area contributed by atoms with Crippen LogP contribution in [0.5, 0.6) is 0 Å². The quantitative estimate of drug-likeness (QED) is 0.377. The van der Waals surface area contributed by atoms with E-state index < -0.39 is 0 Å². The van der Waals surface area contributed by atoms with Crippen molar-refractivity contribution in [1.82, 2.24) is 24.8 Å². The Kier molecular flexibility index (Phi) is 3.99. The van der Waals surface area contributed by atoms with Gasteiger partial charge >= 0.3 is 0 Å². The second kappa shape index (κ2) is 6.99. The lowest BCUT2D eigenvalue weighted by Gasteiger charge is -2.18. The maximum Gasteiger partial charge on any atom is 0.0699 e. The lowest BCUT2D eigenvalue weighted by molar-refractivity contribution is 0.605. The van der Waals surface area contributed by atoms with Gasteiger partial charge in [-0.2, -0.15) is 0 Å². The third kappa shape index (κ3) is 3.40. The van der Waals surface area contributed by atoms with E-state index in [0.717, 1.165) is 50.4 Å². The highest BCUT2D eigenvalue weighted by Gasteiger charge is 2.16. The van der Waals surface area contributed by atoms with E-state index in [2.05, 4.69) is 94.0 Å². The first-order chi connectivity index (χ1) is 15.2. The van der Waals surface area contributed by atoms with Crippen LogP contribution in [0.2, 0.25) is 0 Å². The number of rotatable bonds is 1. The molecule has 0 saturated heterocycles. The van der Waals surface area contributed by atoms with E-state index in [1.54, 1.807) is 0 Å². The number of allylic oxidation sites excluding steroid dienone is 2. The van der Waals surface area contributed by atoms with E-state index in [-0.39, 0.29) is 5.92 Å². The largest absolute Gasteiger partial charge is 0.358 e. The molecule has 2 N–H and O–H groups in total. The average molecular weight is 403 g/mol. The van der Waals surface area contributed by atoms with Gasteiger partial charge < -0.3 is 14.9 Å². The molecule has 0 amide bonds. The van der Waals surface area contributed by atoms with Crippen molar-refractivity contribution in [2.24, 2.45) is 0 Å². The van der Waals surface area contributed by atoms with Crippen LogP contribution in [0.25, 0.3) is 46.4 Å². The van der Waals surface area contributed by atoms with Crippen LogP contribution in [0.4, 0.5) is 0 Å². The van der Waals surface area contributed by atoms with Gasteiger partial charge in [0, 0.05) is 53.0 Å². The number of fused-ring (bicyclic) bond motifs is 8. The summed E-state index contributed by atoms with van der Waals surface area (Å²) in [5, 5.41) is 0. The summed E-state index contributed by atoms with van der Waals surface area (Å²) in [5.41, 5.74) is 9.04. The van der Waals surface area contributed by atoms with Crippen LogP contribution in [0.3, 0.4) is 0 Å². The average Bonchev–Trinajstić information content (AvgIpc) is 3.55. The van der Waals surface area contributed by atoms with Crippen LogP contribution in [-0.4, -0.2) is 31.9 Å². The van der Waals surface area contributed by atoms with Gasteiger partial charge in [-0.1, -0.05) is 12.2 Å². The molecule has 0 aliphatic carbocycles. The molecule has 0 radical (unpaired) electrons. The van der Waals surface area contributed by atoms with Gasteiger partial charge in [-0.05, 0) is 66.8 Å². The Morgan fingerprint density at radius 1 is 0.710 bits per heavy atom. The number of H-pyrrole nitrogens is 2. The Hall–Kier alpha value is -4.12. The maximum atomic E-state index is 4.95. The normalized spacial score (nSPS) is 15.2. The number of hydrogen-bond donors (Lipinski definition) is 2. The fraction of sp³-hybridized carbons (Fsp3) is 0.0769. The highest BCUT2D eigenvalue weighted by molar-refractivity contribution is 5.80. The topological polar surface area (TPSA) is 60.6 Å². The molecule has 8 bridgehead atoms. The van der Waals surface area contributed by atoms with Crippen LogP contribution in [0.15, 0.2) is 67.0 Å². The summed E-state index contributed by atoms with van der Waals surface area (Å²) >= 11 is 0. The van der Waals surface area contributed by atoms with Gasteiger partial charge in [-0.3, -0.25) is 0 Å². The molecule has 5 nitrogen and oxygen atoms in total. The van der Waals surface area contributed by atoms with Crippen LogP contribution >= 0.6 is 0 Å². The first kappa shape index (κ1) is 17.7. The summed E-state index contributed by atoms with van der Waals surface area (Å²) in [6.45, 7) is 0. The molecule has 3 aliphatic heterocycles. The molecule has 0 atom stereocenters. The summed E-state index contributed by atoms with van der Waals surface area (Å²) in [5.74, 6) is 0.139. The molecular formula is C26H21N5. The first-order valence-corrected chi connectivity index (χ1v) is 10.4. The zero-order valence-corrected chi connectivity index (χ0v) is 17.1. The van der Waals surface area contributed by atoms with Gasteiger partial charge in [0.25, 0.3) is 0 Å². The van der Waals surface area contributed by atoms with E-state index in [4.69, 9.17) is 9.97 Å². The van der Waals surface area contributed by atoms with Crippen molar-refractivity contribution in [3.05, 3.63) is 95.4 Å². The van der Waals surface area contributed by atoms with Crippen LogP contribution < -0.4 is 0 Å². The van der Waals surface area contributed by atoms with Gasteiger partial charge in [0.05, 0.1) is 22.8 Å². The van der Waals surface area contributed by atoms with Crippen molar-refractivity contribution in [3.8, 4) is 0 Å². The van der Waals surface area contributed by atoms with Gasteiger partial charge in [0.2, 0.25) is 0 Å². The predicted octanol–water partition coefficient (Wildman–Crippen LogP) is 5.71. The molecular weight excluding hydrogens is 382 g/mol. The van der Waals surface area contributed by atoms with Crippen molar-refractivity contribution < 1.29 is 0 Å². The highest BCUT2D eigenvalue weighted by Crippen LogP contribution is 2.30. The van der Waals surface area contributed by atoms with E-state index in [0.29, 0.717) is 0 Å². The molecule has 150 valence electrons. The van der Waals surface area contributed by atoms with Crippen molar-refractivity contribution in [2.75, 3.05) is 7.05 Å². The molecule has 31 heavy (non-hydrogen) atoms. The van der Waals surface area contributed by atoms with Gasteiger partial charge in [-0.25, -0.2) is 9.97 Å². The number of nitrogens with zero attached hydrogens (tertiary/aromatic N) is 3. The summed E-state index contributed by atoms with van der Waals surface area (Å²) in [6.07, 6.45) is 16.8. The number of aromatic nitrogens is 4. The fourth-order valence-corrected chi connectivity index (χ4v) is 4.14. The SMILES string of the molecule is CN1C=CC(c2c3nc(cc4ccc(cc5nc(cc6ccc2[nH]6)C=C5)[nH]4)C=C3)C=C1. The smallest absolute Gasteiger partial charge is 0.0699 e. The first-order valence-electron chi connectivity index (χ1n) is 10.4. The van der Waals surface area contributed by atoms with Crippen molar-refractivity contribution in [2.45, 2.75) is 5.92 Å². The van der Waals surface area contributed by atoms with Gasteiger partial charge in [-0.15, -0.1) is 0 Å². The zero-order valence-electron chi connectivity index (χ0n) is 17.1. The van der Waals surface area contributed by atoms with Crippen molar-refractivity contribution >= 4 is 46.4 Å².